The van der Waals surface area contributed by atoms with Crippen LogP contribution < -0.4 is 5.32 Å². The first-order valence-corrected chi connectivity index (χ1v) is 8.08. The summed E-state index contributed by atoms with van der Waals surface area (Å²) < 4.78 is -0.215. The van der Waals surface area contributed by atoms with E-state index in [0.29, 0.717) is 11.8 Å². The molecule has 0 aromatic rings. The van der Waals surface area contributed by atoms with E-state index in [1.165, 1.54) is 24.8 Å². The third kappa shape index (κ3) is 1.92. The molecule has 3 rings (SSSR count). The van der Waals surface area contributed by atoms with Crippen molar-refractivity contribution in [3.8, 4) is 0 Å². The summed E-state index contributed by atoms with van der Waals surface area (Å²) >= 11 is 7.54. The molecule has 3 aliphatic rings. The summed E-state index contributed by atoms with van der Waals surface area (Å²) in [6, 6.07) is 0.240. The maximum atomic E-state index is 12.0. The molecule has 2 heterocycles. The number of halogens is 1. The van der Waals surface area contributed by atoms with Gasteiger partial charge in [0.1, 0.15) is 4.75 Å². The highest BCUT2D eigenvalue weighted by Gasteiger charge is 2.59. The number of alkyl halides is 1. The van der Waals surface area contributed by atoms with Crippen molar-refractivity contribution in [2.45, 2.75) is 42.9 Å². The smallest absolute Gasteiger partial charge is 0.239 e. The molecule has 18 heavy (non-hydrogen) atoms. The number of β-lactam (4-membered cyclic amide) rings is 1. The summed E-state index contributed by atoms with van der Waals surface area (Å²) in [5.74, 6) is 1.43. The van der Waals surface area contributed by atoms with Gasteiger partial charge >= 0.3 is 0 Å². The van der Waals surface area contributed by atoms with Gasteiger partial charge in [-0.2, -0.15) is 0 Å². The van der Waals surface area contributed by atoms with E-state index in [4.69, 9.17) is 11.6 Å². The fourth-order valence-electron chi connectivity index (χ4n) is 3.20. The van der Waals surface area contributed by atoms with Crippen LogP contribution in [0, 0.1) is 5.92 Å². The summed E-state index contributed by atoms with van der Waals surface area (Å²) in [7, 11) is 0. The van der Waals surface area contributed by atoms with Gasteiger partial charge in [-0.1, -0.05) is 12.2 Å². The lowest BCUT2D eigenvalue weighted by Gasteiger charge is -2.46. The summed E-state index contributed by atoms with van der Waals surface area (Å²) in [6.45, 7) is 0. The second-order valence-corrected chi connectivity index (χ2v) is 6.95. The molecule has 1 saturated heterocycles. The number of carbonyl (C=O) groups is 1. The predicted octanol–water partition coefficient (Wildman–Crippen LogP) is 3.23. The Morgan fingerprint density at radius 1 is 1.56 bits per heavy atom. The number of allylic oxidation sites excluding steroid dienone is 2. The molecule has 98 valence electrons. The Morgan fingerprint density at radius 2 is 2.44 bits per heavy atom. The highest BCUT2D eigenvalue weighted by atomic mass is 35.5. The number of hydrogen-bond donors (Lipinski definition) is 1. The first-order chi connectivity index (χ1) is 8.76. The Bertz CT molecular complexity index is 420. The van der Waals surface area contributed by atoms with E-state index >= 15 is 0 Å². The molecule has 4 heteroatoms. The van der Waals surface area contributed by atoms with Crippen molar-refractivity contribution in [2.75, 3.05) is 5.88 Å². The van der Waals surface area contributed by atoms with Crippen molar-refractivity contribution in [3.63, 3.8) is 0 Å². The zero-order valence-electron chi connectivity index (χ0n) is 10.3. The molecular weight excluding hydrogens is 266 g/mol. The van der Waals surface area contributed by atoms with Crippen molar-refractivity contribution in [1.29, 1.82) is 0 Å². The lowest BCUT2D eigenvalue weighted by Crippen LogP contribution is -2.69. The Balaban J connectivity index is 1.72. The van der Waals surface area contributed by atoms with Gasteiger partial charge in [-0.3, -0.25) is 4.79 Å². The van der Waals surface area contributed by atoms with Crippen LogP contribution in [0.25, 0.3) is 0 Å². The Labute approximate surface area is 117 Å². The molecule has 2 nitrogen and oxygen atoms in total. The third-order valence-corrected chi connectivity index (χ3v) is 5.84. The van der Waals surface area contributed by atoms with Gasteiger partial charge in [-0.15, -0.1) is 23.4 Å². The second kappa shape index (κ2) is 4.93. The maximum Gasteiger partial charge on any atom is 0.239 e. The van der Waals surface area contributed by atoms with Gasteiger partial charge in [0.15, 0.2) is 0 Å². The summed E-state index contributed by atoms with van der Waals surface area (Å²) in [6.07, 6.45) is 10.1. The summed E-state index contributed by atoms with van der Waals surface area (Å²) in [5, 5.41) is 5.22. The third-order valence-electron chi connectivity index (χ3n) is 4.22. The molecule has 2 aliphatic heterocycles. The first-order valence-electron chi connectivity index (χ1n) is 6.66. The standard InChI is InChI=1S/C14H18ClNOS/c15-7-6-11-9-18-14(12(11)16-13(14)17)8-10-4-2-1-3-5-10/h2,4,9-10,12H,1,3,5-8H2,(H,16,17)/t10?,12-,14+/m0/s1. The molecule has 0 aromatic carbocycles. The predicted molar refractivity (Wildman–Crippen MR) is 76.8 cm³/mol. The van der Waals surface area contributed by atoms with Crippen molar-refractivity contribution in [3.05, 3.63) is 23.1 Å². The molecule has 1 unspecified atom stereocenters. The van der Waals surface area contributed by atoms with E-state index < -0.39 is 0 Å². The molecule has 1 N–H and O–H groups in total. The minimum Gasteiger partial charge on any atom is -0.346 e. The van der Waals surface area contributed by atoms with Crippen LogP contribution in [0.5, 0.6) is 0 Å². The van der Waals surface area contributed by atoms with Crippen LogP contribution in [0.15, 0.2) is 23.1 Å². The van der Waals surface area contributed by atoms with E-state index in [0.717, 1.165) is 12.8 Å². The van der Waals surface area contributed by atoms with Crippen molar-refractivity contribution in [1.82, 2.24) is 5.32 Å². The lowest BCUT2D eigenvalue weighted by atomic mass is 9.76. The maximum absolute atomic E-state index is 12.0. The highest BCUT2D eigenvalue weighted by Crippen LogP contribution is 2.51. The Morgan fingerprint density at radius 3 is 3.11 bits per heavy atom. The minimum absolute atomic E-state index is 0.215. The Kier molecular flexibility index (Phi) is 3.46. The number of thioether (sulfide) groups is 1. The zero-order valence-corrected chi connectivity index (χ0v) is 11.9. The number of hydrogen-bond acceptors (Lipinski definition) is 2. The van der Waals surface area contributed by atoms with Gasteiger partial charge in [0.25, 0.3) is 0 Å². The van der Waals surface area contributed by atoms with Crippen molar-refractivity contribution in [2.24, 2.45) is 5.92 Å². The van der Waals surface area contributed by atoms with Gasteiger partial charge in [0.2, 0.25) is 5.91 Å². The summed E-state index contributed by atoms with van der Waals surface area (Å²) in [4.78, 5) is 12.0. The quantitative estimate of drug-likeness (QED) is 0.488. The fourth-order valence-corrected chi connectivity index (χ4v) is 4.86. The average Bonchev–Trinajstić information content (AvgIpc) is 2.66. The number of nitrogens with one attached hydrogen (secondary N) is 1. The van der Waals surface area contributed by atoms with Crippen LogP contribution in [-0.2, 0) is 4.79 Å². The van der Waals surface area contributed by atoms with Gasteiger partial charge in [0.05, 0.1) is 6.04 Å². The number of fused-ring (bicyclic) bond motifs is 1. The largest absolute Gasteiger partial charge is 0.346 e. The van der Waals surface area contributed by atoms with Crippen molar-refractivity contribution >= 4 is 29.3 Å². The molecule has 1 aliphatic carbocycles. The topological polar surface area (TPSA) is 29.1 Å². The monoisotopic (exact) mass is 283 g/mol. The van der Waals surface area contributed by atoms with Gasteiger partial charge in [-0.05, 0) is 49.0 Å². The van der Waals surface area contributed by atoms with Crippen LogP contribution in [0.1, 0.15) is 32.1 Å². The van der Waals surface area contributed by atoms with Crippen LogP contribution in [0.2, 0.25) is 0 Å². The molecule has 1 fully saturated rings. The molecule has 0 radical (unpaired) electrons. The first kappa shape index (κ1) is 12.6. The van der Waals surface area contributed by atoms with E-state index in [9.17, 15) is 4.79 Å². The van der Waals surface area contributed by atoms with Crippen molar-refractivity contribution < 1.29 is 4.79 Å². The molecule has 0 saturated carbocycles. The minimum atomic E-state index is -0.215. The van der Waals surface area contributed by atoms with Crippen LogP contribution >= 0.6 is 23.4 Å². The average molecular weight is 284 g/mol. The van der Waals surface area contributed by atoms with E-state index in [1.54, 1.807) is 11.8 Å². The van der Waals surface area contributed by atoms with Gasteiger partial charge < -0.3 is 5.32 Å². The number of carbonyl (C=O) groups excluding carboxylic acids is 1. The molecule has 0 bridgehead atoms. The fraction of sp³-hybridized carbons (Fsp3) is 0.643. The van der Waals surface area contributed by atoms with E-state index in [1.807, 2.05) is 0 Å². The molecule has 1 amide bonds. The normalized spacial score (nSPS) is 37.8. The molecule has 0 spiro atoms. The van der Waals surface area contributed by atoms with Crippen LogP contribution in [-0.4, -0.2) is 22.6 Å². The Hall–Kier alpha value is -0.410. The number of amides is 1. The summed E-state index contributed by atoms with van der Waals surface area (Å²) in [5.41, 5.74) is 1.31. The van der Waals surface area contributed by atoms with Crippen LogP contribution in [0.4, 0.5) is 0 Å². The van der Waals surface area contributed by atoms with Crippen LogP contribution in [0.3, 0.4) is 0 Å². The van der Waals surface area contributed by atoms with E-state index in [-0.39, 0.29) is 16.7 Å². The molecule has 3 atom stereocenters. The highest BCUT2D eigenvalue weighted by molar-refractivity contribution is 8.04. The lowest BCUT2D eigenvalue weighted by molar-refractivity contribution is -0.131. The van der Waals surface area contributed by atoms with Gasteiger partial charge in [-0.25, -0.2) is 0 Å². The number of rotatable bonds is 4. The second-order valence-electron chi connectivity index (χ2n) is 5.37. The van der Waals surface area contributed by atoms with Gasteiger partial charge in [0, 0.05) is 5.88 Å². The zero-order chi connectivity index (χ0) is 12.6. The van der Waals surface area contributed by atoms with E-state index in [2.05, 4.69) is 22.9 Å². The molecule has 0 aromatic heterocycles. The SMILES string of the molecule is O=C1N[C@H]2C(CCCl)=CS[C@@]12CC1C=CCCC1. The molecular formula is C14H18ClNOS.